The Kier molecular flexibility index (Phi) is 8.20. The van der Waals surface area contributed by atoms with E-state index in [4.69, 9.17) is 51.8 Å². The van der Waals surface area contributed by atoms with E-state index in [0.29, 0.717) is 32.0 Å². The fourth-order valence-corrected chi connectivity index (χ4v) is 4.70. The summed E-state index contributed by atoms with van der Waals surface area (Å²) in [6, 6.07) is 18.6. The molecule has 1 fully saturated rings. The molecule has 3 amide bonds. The predicted molar refractivity (Wildman–Crippen MR) is 146 cm³/mol. The normalized spacial score (nSPS) is 14.4. The van der Waals surface area contributed by atoms with E-state index >= 15 is 0 Å². The van der Waals surface area contributed by atoms with Crippen molar-refractivity contribution in [2.45, 2.75) is 6.61 Å². The maximum Gasteiger partial charge on any atom is 0.338 e. The third kappa shape index (κ3) is 6.28. The second-order valence-electron chi connectivity index (χ2n) is 7.13. The number of anilines is 1. The number of halogens is 3. The number of thiocarbonyl (C=S) groups is 1. The van der Waals surface area contributed by atoms with Crippen molar-refractivity contribution in [2.24, 2.45) is 0 Å². The van der Waals surface area contributed by atoms with Gasteiger partial charge in [-0.05, 0) is 48.6 Å². The molecule has 178 valence electrons. The fraction of sp³-hybridized carbons (Fsp3) is 0.0417. The van der Waals surface area contributed by atoms with E-state index in [9.17, 15) is 9.59 Å². The van der Waals surface area contributed by atoms with Gasteiger partial charge < -0.3 is 10.1 Å². The molecule has 0 aromatic heterocycles. The van der Waals surface area contributed by atoms with Crippen LogP contribution in [0.4, 0.5) is 10.5 Å². The number of nitrogens with one attached hydrogen (secondary N) is 2. The van der Waals surface area contributed by atoms with Crippen LogP contribution in [0.3, 0.4) is 0 Å². The molecule has 0 aliphatic carbocycles. The highest BCUT2D eigenvalue weighted by Gasteiger charge is 2.34. The number of amides is 3. The molecule has 2 N–H and O–H groups in total. The number of ether oxygens (including phenoxy) is 1. The number of benzene rings is 3. The van der Waals surface area contributed by atoms with Crippen LogP contribution in [0.5, 0.6) is 5.75 Å². The van der Waals surface area contributed by atoms with Crippen LogP contribution >= 0.6 is 58.8 Å². The third-order valence-electron chi connectivity index (χ3n) is 4.73. The average molecular weight is 565 g/mol. The van der Waals surface area contributed by atoms with Crippen molar-refractivity contribution in [2.75, 3.05) is 5.32 Å². The van der Waals surface area contributed by atoms with Gasteiger partial charge >= 0.3 is 6.03 Å². The topological polar surface area (TPSA) is 70.7 Å². The van der Waals surface area contributed by atoms with Crippen molar-refractivity contribution < 1.29 is 14.3 Å². The standard InChI is InChI=1S/C24H16Cl3N3O3S2/c25-17-7-3-1-6-15(17)13-33-20-8-4-2-5-14(20)11-21-22(31)30(24(34)35-21)29-23(32)28-16-9-10-18(26)19(27)12-16/h1-12H,13H2,(H2,28,29,32)/b21-11+. The Balaban J connectivity index is 1.45. The predicted octanol–water partition coefficient (Wildman–Crippen LogP) is 7.16. The van der Waals surface area contributed by atoms with Gasteiger partial charge in [0.1, 0.15) is 12.4 Å². The van der Waals surface area contributed by atoms with Gasteiger partial charge in [-0.15, -0.1) is 0 Å². The van der Waals surface area contributed by atoms with Crippen molar-refractivity contribution >= 4 is 86.8 Å². The number of urea groups is 1. The summed E-state index contributed by atoms with van der Waals surface area (Å²) in [5.74, 6) is 0.105. The molecule has 1 aliphatic heterocycles. The van der Waals surface area contributed by atoms with E-state index in [0.717, 1.165) is 22.3 Å². The molecular formula is C24H16Cl3N3O3S2. The van der Waals surface area contributed by atoms with Crippen LogP contribution in [-0.2, 0) is 11.4 Å². The second kappa shape index (κ2) is 11.3. The summed E-state index contributed by atoms with van der Waals surface area (Å²) in [7, 11) is 0. The molecule has 11 heteroatoms. The average Bonchev–Trinajstić information content (AvgIpc) is 3.09. The highest BCUT2D eigenvalue weighted by Crippen LogP contribution is 2.34. The Morgan fingerprint density at radius 2 is 1.74 bits per heavy atom. The summed E-state index contributed by atoms with van der Waals surface area (Å²) >= 11 is 24.4. The molecule has 35 heavy (non-hydrogen) atoms. The van der Waals surface area contributed by atoms with Gasteiger partial charge in [0, 0.05) is 21.8 Å². The van der Waals surface area contributed by atoms with E-state index in [2.05, 4.69) is 10.7 Å². The molecule has 1 heterocycles. The van der Waals surface area contributed by atoms with Gasteiger partial charge in [-0.25, -0.2) is 10.2 Å². The zero-order valence-corrected chi connectivity index (χ0v) is 21.7. The van der Waals surface area contributed by atoms with Crippen LogP contribution in [0.1, 0.15) is 11.1 Å². The molecule has 0 bridgehead atoms. The number of rotatable bonds is 6. The quantitative estimate of drug-likeness (QED) is 0.245. The number of thioether (sulfide) groups is 1. The molecule has 0 atom stereocenters. The van der Waals surface area contributed by atoms with Crippen LogP contribution in [-0.4, -0.2) is 21.3 Å². The number of para-hydroxylation sites is 1. The Hall–Kier alpha value is -2.75. The number of hydrazine groups is 1. The van der Waals surface area contributed by atoms with E-state index in [1.54, 1.807) is 30.3 Å². The maximum absolute atomic E-state index is 13.0. The number of carbonyl (C=O) groups excluding carboxylic acids is 2. The minimum atomic E-state index is -0.663. The van der Waals surface area contributed by atoms with Crippen molar-refractivity contribution in [3.63, 3.8) is 0 Å². The highest BCUT2D eigenvalue weighted by molar-refractivity contribution is 8.26. The number of hydrogen-bond acceptors (Lipinski definition) is 5. The van der Waals surface area contributed by atoms with Gasteiger partial charge in [0.25, 0.3) is 5.91 Å². The fourth-order valence-electron chi connectivity index (χ4n) is 3.04. The van der Waals surface area contributed by atoms with Gasteiger partial charge in [-0.3, -0.25) is 4.79 Å². The summed E-state index contributed by atoms with van der Waals surface area (Å²) in [6.07, 6.45) is 1.67. The summed E-state index contributed by atoms with van der Waals surface area (Å²) in [5.41, 5.74) is 4.38. The van der Waals surface area contributed by atoms with Crippen molar-refractivity contribution in [1.29, 1.82) is 0 Å². The SMILES string of the molecule is O=C(Nc1ccc(Cl)c(Cl)c1)NN1C(=O)/C(=C\c2ccccc2OCc2ccccc2Cl)SC1=S. The van der Waals surface area contributed by atoms with Gasteiger partial charge in [0.05, 0.1) is 15.0 Å². The van der Waals surface area contributed by atoms with Crippen molar-refractivity contribution in [3.05, 3.63) is 97.8 Å². The van der Waals surface area contributed by atoms with Crippen LogP contribution < -0.4 is 15.5 Å². The van der Waals surface area contributed by atoms with Gasteiger partial charge in [0.15, 0.2) is 4.32 Å². The van der Waals surface area contributed by atoms with Crippen LogP contribution in [0, 0.1) is 0 Å². The zero-order chi connectivity index (χ0) is 24.9. The first kappa shape index (κ1) is 25.3. The summed E-state index contributed by atoms with van der Waals surface area (Å²) in [4.78, 5) is 25.7. The van der Waals surface area contributed by atoms with Crippen molar-refractivity contribution in [3.8, 4) is 5.75 Å². The Morgan fingerprint density at radius 1 is 1.00 bits per heavy atom. The Labute approximate surface area is 226 Å². The molecular weight excluding hydrogens is 549 g/mol. The first-order valence-corrected chi connectivity index (χ1v) is 12.4. The molecule has 1 aliphatic rings. The van der Waals surface area contributed by atoms with Crippen LogP contribution in [0.2, 0.25) is 15.1 Å². The Bertz CT molecular complexity index is 1350. The number of nitrogens with zero attached hydrogens (tertiary/aromatic N) is 1. The monoisotopic (exact) mass is 563 g/mol. The van der Waals surface area contributed by atoms with E-state index in [1.165, 1.54) is 6.07 Å². The van der Waals surface area contributed by atoms with Gasteiger partial charge in [0.2, 0.25) is 0 Å². The number of carbonyl (C=O) groups is 2. The van der Waals surface area contributed by atoms with Crippen LogP contribution in [0.15, 0.2) is 71.6 Å². The molecule has 3 aromatic carbocycles. The summed E-state index contributed by atoms with van der Waals surface area (Å²) < 4.78 is 6.14. The minimum Gasteiger partial charge on any atom is -0.488 e. The van der Waals surface area contributed by atoms with Gasteiger partial charge in [-0.1, -0.05) is 83.0 Å². The molecule has 3 aromatic rings. The maximum atomic E-state index is 13.0. The molecule has 6 nitrogen and oxygen atoms in total. The number of hydrogen-bond donors (Lipinski definition) is 2. The molecule has 4 rings (SSSR count). The lowest BCUT2D eigenvalue weighted by atomic mass is 10.2. The molecule has 0 spiro atoms. The Morgan fingerprint density at radius 3 is 2.51 bits per heavy atom. The lowest BCUT2D eigenvalue weighted by Gasteiger charge is -2.16. The van der Waals surface area contributed by atoms with Crippen LogP contribution in [0.25, 0.3) is 6.08 Å². The zero-order valence-electron chi connectivity index (χ0n) is 17.8. The first-order valence-electron chi connectivity index (χ1n) is 10.1. The van der Waals surface area contributed by atoms with Crippen molar-refractivity contribution in [1.82, 2.24) is 10.4 Å². The smallest absolute Gasteiger partial charge is 0.338 e. The molecule has 1 saturated heterocycles. The highest BCUT2D eigenvalue weighted by atomic mass is 35.5. The van der Waals surface area contributed by atoms with E-state index in [-0.39, 0.29) is 16.0 Å². The second-order valence-corrected chi connectivity index (χ2v) is 10.0. The molecule has 0 unspecified atom stereocenters. The molecule has 0 saturated carbocycles. The lowest BCUT2D eigenvalue weighted by Crippen LogP contribution is -2.46. The lowest BCUT2D eigenvalue weighted by molar-refractivity contribution is -0.123. The first-order chi connectivity index (χ1) is 16.8. The summed E-state index contributed by atoms with van der Waals surface area (Å²) in [5, 5.41) is 4.84. The minimum absolute atomic E-state index is 0.181. The van der Waals surface area contributed by atoms with Gasteiger partial charge in [-0.2, -0.15) is 5.01 Å². The third-order valence-corrected chi connectivity index (χ3v) is 7.14. The summed E-state index contributed by atoms with van der Waals surface area (Å²) in [6.45, 7) is 0.266. The van der Waals surface area contributed by atoms with E-state index < -0.39 is 11.9 Å². The molecule has 0 radical (unpaired) electrons. The van der Waals surface area contributed by atoms with E-state index in [1.807, 2.05) is 36.4 Å². The largest absolute Gasteiger partial charge is 0.488 e.